The van der Waals surface area contributed by atoms with Crippen LogP contribution in [0.5, 0.6) is 0 Å². The van der Waals surface area contributed by atoms with Gasteiger partial charge in [0.15, 0.2) is 0 Å². The molecule has 1 saturated carbocycles. The van der Waals surface area contributed by atoms with Crippen LogP contribution < -0.4 is 5.32 Å². The SMILES string of the molecule is CC(C)C1C(=O)NC(C(C)(C)C)C(=O)N1C1CC1C. The van der Waals surface area contributed by atoms with Crippen LogP contribution in [0.15, 0.2) is 0 Å². The molecule has 0 spiro atoms. The van der Waals surface area contributed by atoms with E-state index >= 15 is 0 Å². The predicted octanol–water partition coefficient (Wildman–Crippen LogP) is 1.79. The van der Waals surface area contributed by atoms with Crippen molar-refractivity contribution in [3.05, 3.63) is 0 Å². The molecular formula is C15H26N2O2. The van der Waals surface area contributed by atoms with E-state index in [1.807, 2.05) is 39.5 Å². The van der Waals surface area contributed by atoms with E-state index in [1.54, 1.807) is 0 Å². The Labute approximate surface area is 115 Å². The van der Waals surface area contributed by atoms with Crippen molar-refractivity contribution in [1.29, 1.82) is 0 Å². The molecule has 0 aromatic heterocycles. The van der Waals surface area contributed by atoms with E-state index < -0.39 is 6.04 Å². The van der Waals surface area contributed by atoms with Gasteiger partial charge < -0.3 is 10.2 Å². The maximum Gasteiger partial charge on any atom is 0.246 e. The predicted molar refractivity (Wildman–Crippen MR) is 74.4 cm³/mol. The zero-order valence-electron chi connectivity index (χ0n) is 12.9. The van der Waals surface area contributed by atoms with Gasteiger partial charge in [-0.3, -0.25) is 9.59 Å². The fourth-order valence-corrected chi connectivity index (χ4v) is 2.97. The normalized spacial score (nSPS) is 35.6. The molecule has 4 nitrogen and oxygen atoms in total. The van der Waals surface area contributed by atoms with E-state index in [0.717, 1.165) is 6.42 Å². The molecule has 2 rings (SSSR count). The summed E-state index contributed by atoms with van der Waals surface area (Å²) >= 11 is 0. The smallest absolute Gasteiger partial charge is 0.246 e. The van der Waals surface area contributed by atoms with Gasteiger partial charge in [0.2, 0.25) is 11.8 Å². The summed E-state index contributed by atoms with van der Waals surface area (Å²) in [5.41, 5.74) is -0.245. The van der Waals surface area contributed by atoms with Crippen molar-refractivity contribution in [1.82, 2.24) is 10.2 Å². The summed E-state index contributed by atoms with van der Waals surface area (Å²) < 4.78 is 0. The first-order valence-corrected chi connectivity index (χ1v) is 7.27. The van der Waals surface area contributed by atoms with E-state index in [4.69, 9.17) is 0 Å². The average molecular weight is 266 g/mol. The highest BCUT2D eigenvalue weighted by molar-refractivity contribution is 5.98. The molecule has 19 heavy (non-hydrogen) atoms. The van der Waals surface area contributed by atoms with Gasteiger partial charge in [-0.15, -0.1) is 0 Å². The summed E-state index contributed by atoms with van der Waals surface area (Å²) in [6.45, 7) is 12.2. The first kappa shape index (κ1) is 14.4. The van der Waals surface area contributed by atoms with Gasteiger partial charge in [-0.05, 0) is 23.7 Å². The van der Waals surface area contributed by atoms with Crippen LogP contribution in [-0.4, -0.2) is 34.8 Å². The van der Waals surface area contributed by atoms with Crippen molar-refractivity contribution in [3.63, 3.8) is 0 Å². The molecule has 2 fully saturated rings. The molecule has 108 valence electrons. The first-order valence-electron chi connectivity index (χ1n) is 7.27. The number of rotatable bonds is 2. The van der Waals surface area contributed by atoms with Gasteiger partial charge in [0.1, 0.15) is 12.1 Å². The second-order valence-electron chi connectivity index (χ2n) is 7.52. The van der Waals surface area contributed by atoms with Crippen LogP contribution in [0.3, 0.4) is 0 Å². The van der Waals surface area contributed by atoms with Crippen LogP contribution in [-0.2, 0) is 9.59 Å². The second kappa shape index (κ2) is 4.50. The third kappa shape index (κ3) is 2.49. The lowest BCUT2D eigenvalue weighted by Crippen LogP contribution is -2.68. The van der Waals surface area contributed by atoms with Gasteiger partial charge in [0.05, 0.1) is 0 Å². The third-order valence-corrected chi connectivity index (χ3v) is 4.28. The first-order chi connectivity index (χ1) is 8.64. The van der Waals surface area contributed by atoms with Gasteiger partial charge in [-0.25, -0.2) is 0 Å². The molecule has 0 radical (unpaired) electrons. The maximum absolute atomic E-state index is 12.8. The Morgan fingerprint density at radius 2 is 1.79 bits per heavy atom. The molecule has 4 heteroatoms. The summed E-state index contributed by atoms with van der Waals surface area (Å²) in [6, 6.07) is -0.445. The lowest BCUT2D eigenvalue weighted by molar-refractivity contribution is -0.155. The number of carbonyl (C=O) groups is 2. The minimum absolute atomic E-state index is 0.00799. The minimum Gasteiger partial charge on any atom is -0.342 e. The summed E-state index contributed by atoms with van der Waals surface area (Å²) in [5.74, 6) is 0.781. The lowest BCUT2D eigenvalue weighted by atomic mass is 9.82. The average Bonchev–Trinajstić information content (AvgIpc) is 2.95. The van der Waals surface area contributed by atoms with Gasteiger partial charge >= 0.3 is 0 Å². The van der Waals surface area contributed by atoms with E-state index in [9.17, 15) is 9.59 Å². The van der Waals surface area contributed by atoms with Crippen molar-refractivity contribution >= 4 is 11.8 Å². The maximum atomic E-state index is 12.8. The Balaban J connectivity index is 2.32. The Morgan fingerprint density at radius 1 is 1.26 bits per heavy atom. The topological polar surface area (TPSA) is 49.4 Å². The molecule has 1 saturated heterocycles. The number of nitrogens with zero attached hydrogens (tertiary/aromatic N) is 1. The molecule has 2 aliphatic rings. The number of carbonyl (C=O) groups excluding carboxylic acids is 2. The van der Waals surface area contributed by atoms with Crippen LogP contribution in [0.4, 0.5) is 0 Å². The molecule has 1 heterocycles. The van der Waals surface area contributed by atoms with E-state index in [1.165, 1.54) is 0 Å². The van der Waals surface area contributed by atoms with Crippen molar-refractivity contribution in [3.8, 4) is 0 Å². The van der Waals surface area contributed by atoms with Crippen molar-refractivity contribution < 1.29 is 9.59 Å². The molecule has 4 atom stereocenters. The monoisotopic (exact) mass is 266 g/mol. The Morgan fingerprint density at radius 3 is 2.16 bits per heavy atom. The van der Waals surface area contributed by atoms with Gasteiger partial charge in [0, 0.05) is 6.04 Å². The van der Waals surface area contributed by atoms with Crippen molar-refractivity contribution in [2.75, 3.05) is 0 Å². The number of nitrogens with one attached hydrogen (secondary N) is 1. The Bertz CT molecular complexity index is 397. The van der Waals surface area contributed by atoms with Crippen LogP contribution in [0.25, 0.3) is 0 Å². The van der Waals surface area contributed by atoms with Crippen LogP contribution in [0.1, 0.15) is 48.0 Å². The molecule has 1 N–H and O–H groups in total. The lowest BCUT2D eigenvalue weighted by Gasteiger charge is -2.45. The third-order valence-electron chi connectivity index (χ3n) is 4.28. The number of piperazine rings is 1. The molecule has 0 aromatic rings. The van der Waals surface area contributed by atoms with Crippen LogP contribution in [0, 0.1) is 17.3 Å². The molecule has 0 bridgehead atoms. The zero-order chi connectivity index (χ0) is 14.5. The second-order valence-corrected chi connectivity index (χ2v) is 7.52. The van der Waals surface area contributed by atoms with Gasteiger partial charge in [-0.1, -0.05) is 41.5 Å². The molecule has 4 unspecified atom stereocenters. The fraction of sp³-hybridized carbons (Fsp3) is 0.867. The molecule has 1 aliphatic heterocycles. The largest absolute Gasteiger partial charge is 0.342 e. The number of amides is 2. The van der Waals surface area contributed by atoms with Gasteiger partial charge in [0.25, 0.3) is 0 Å². The van der Waals surface area contributed by atoms with E-state index in [-0.39, 0.29) is 35.2 Å². The molecule has 1 aliphatic carbocycles. The fourth-order valence-electron chi connectivity index (χ4n) is 2.97. The highest BCUT2D eigenvalue weighted by Gasteiger charge is 2.53. The van der Waals surface area contributed by atoms with Crippen LogP contribution >= 0.6 is 0 Å². The minimum atomic E-state index is -0.400. The van der Waals surface area contributed by atoms with Crippen molar-refractivity contribution in [2.24, 2.45) is 17.3 Å². The standard InChI is InChI=1S/C15H26N2O2/c1-8(2)11-13(18)16-12(15(4,5)6)14(19)17(11)10-7-9(10)3/h8-12H,7H2,1-6H3,(H,16,18). The number of hydrogen-bond acceptors (Lipinski definition) is 2. The Kier molecular flexibility index (Phi) is 3.40. The summed E-state index contributed by atoms with van der Waals surface area (Å²) in [4.78, 5) is 27.0. The van der Waals surface area contributed by atoms with E-state index in [2.05, 4.69) is 12.2 Å². The highest BCUT2D eigenvalue weighted by atomic mass is 16.2. The zero-order valence-corrected chi connectivity index (χ0v) is 12.9. The van der Waals surface area contributed by atoms with Crippen LogP contribution in [0.2, 0.25) is 0 Å². The summed E-state index contributed by atoms with van der Waals surface area (Å²) in [5, 5.41) is 2.93. The highest BCUT2D eigenvalue weighted by Crippen LogP contribution is 2.40. The summed E-state index contributed by atoms with van der Waals surface area (Å²) in [6.07, 6.45) is 1.03. The van der Waals surface area contributed by atoms with Gasteiger partial charge in [-0.2, -0.15) is 0 Å². The Hall–Kier alpha value is -1.06. The molecule has 0 aromatic carbocycles. The van der Waals surface area contributed by atoms with Crippen molar-refractivity contribution in [2.45, 2.75) is 66.1 Å². The number of hydrogen-bond donors (Lipinski definition) is 1. The van der Waals surface area contributed by atoms with E-state index in [0.29, 0.717) is 5.92 Å². The summed E-state index contributed by atoms with van der Waals surface area (Å²) in [7, 11) is 0. The molecule has 2 amide bonds. The quantitative estimate of drug-likeness (QED) is 0.828. The molecular weight excluding hydrogens is 240 g/mol.